The maximum absolute atomic E-state index is 14.7. The first-order valence-electron chi connectivity index (χ1n) is 22.9. The SMILES string of the molecule is CC(C)(C)OC(=O)NC1(C(=O)NC2CCc3ccccc3N(Cc3ccc(-c4ccccc4-c4nnnn4C(c4ccccc4)(c4ccccc4)c4ccccc4)cc3)C2=O)CCCCC1. The fraction of sp³-hybridized carbons (Fsp3) is 0.273. The summed E-state index contributed by atoms with van der Waals surface area (Å²) in [5.41, 5.74) is 5.75. The van der Waals surface area contributed by atoms with Gasteiger partial charge in [-0.1, -0.05) is 177 Å². The van der Waals surface area contributed by atoms with Gasteiger partial charge in [-0.15, -0.1) is 5.10 Å². The smallest absolute Gasteiger partial charge is 0.408 e. The fourth-order valence-electron chi connectivity index (χ4n) is 9.76. The van der Waals surface area contributed by atoms with Crippen LogP contribution in [-0.4, -0.2) is 55.3 Å². The molecule has 9 rings (SSSR count). The Morgan fingerprint density at radius 3 is 1.86 bits per heavy atom. The summed E-state index contributed by atoms with van der Waals surface area (Å²) in [4.78, 5) is 43.9. The van der Waals surface area contributed by atoms with Crippen LogP contribution in [-0.2, 0) is 32.8 Å². The summed E-state index contributed by atoms with van der Waals surface area (Å²) in [6, 6.07) is 54.6. The molecule has 1 aromatic heterocycles. The molecule has 11 heteroatoms. The average molecular weight is 878 g/mol. The minimum atomic E-state index is -1.16. The highest BCUT2D eigenvalue weighted by atomic mass is 16.6. The zero-order chi connectivity index (χ0) is 45.7. The van der Waals surface area contributed by atoms with Crippen LogP contribution >= 0.6 is 0 Å². The molecule has 66 heavy (non-hydrogen) atoms. The minimum Gasteiger partial charge on any atom is -0.444 e. The van der Waals surface area contributed by atoms with E-state index in [0.29, 0.717) is 31.5 Å². The number of aryl methyl sites for hydroxylation is 1. The molecule has 1 aliphatic heterocycles. The third-order valence-corrected chi connectivity index (χ3v) is 12.9. The van der Waals surface area contributed by atoms with Gasteiger partial charge in [-0.05, 0) is 102 Å². The predicted molar refractivity (Wildman–Crippen MR) is 256 cm³/mol. The lowest BCUT2D eigenvalue weighted by Gasteiger charge is -2.38. The number of rotatable bonds is 11. The van der Waals surface area contributed by atoms with Crippen molar-refractivity contribution in [2.75, 3.05) is 4.90 Å². The highest BCUT2D eigenvalue weighted by Crippen LogP contribution is 2.43. The summed E-state index contributed by atoms with van der Waals surface area (Å²) in [6.45, 7) is 5.68. The molecule has 1 unspecified atom stereocenters. The minimum absolute atomic E-state index is 0.198. The van der Waals surface area contributed by atoms with E-state index in [1.807, 2.05) is 108 Å². The van der Waals surface area contributed by atoms with Crippen molar-refractivity contribution in [2.24, 2.45) is 0 Å². The van der Waals surface area contributed by atoms with Gasteiger partial charge < -0.3 is 20.3 Å². The number of carbonyl (C=O) groups is 3. The molecular formula is C55H55N7O4. The molecule has 1 fully saturated rings. The van der Waals surface area contributed by atoms with E-state index in [1.165, 1.54) is 0 Å². The molecule has 1 saturated carbocycles. The fourth-order valence-corrected chi connectivity index (χ4v) is 9.76. The number of hydrogen-bond acceptors (Lipinski definition) is 7. The molecule has 1 atom stereocenters. The van der Waals surface area contributed by atoms with Gasteiger partial charge in [-0.2, -0.15) is 0 Å². The summed E-state index contributed by atoms with van der Waals surface area (Å²) >= 11 is 0. The van der Waals surface area contributed by atoms with Crippen molar-refractivity contribution >= 4 is 23.6 Å². The lowest BCUT2D eigenvalue weighted by atomic mass is 9.77. The topological polar surface area (TPSA) is 131 Å². The second-order valence-electron chi connectivity index (χ2n) is 18.4. The van der Waals surface area contributed by atoms with Crippen LogP contribution < -0.4 is 15.5 Å². The highest BCUT2D eigenvalue weighted by Gasteiger charge is 2.45. The maximum atomic E-state index is 14.7. The molecule has 0 bridgehead atoms. The summed E-state index contributed by atoms with van der Waals surface area (Å²) in [7, 11) is 0. The number of alkyl carbamates (subject to hydrolysis) is 1. The van der Waals surface area contributed by atoms with Crippen LogP contribution in [0.3, 0.4) is 0 Å². The van der Waals surface area contributed by atoms with E-state index < -0.39 is 28.8 Å². The van der Waals surface area contributed by atoms with Gasteiger partial charge in [0.15, 0.2) is 5.82 Å². The van der Waals surface area contributed by atoms with E-state index >= 15 is 0 Å². The molecule has 6 aromatic carbocycles. The number of anilines is 1. The number of ether oxygens (including phenoxy) is 1. The first-order valence-corrected chi connectivity index (χ1v) is 22.9. The molecule has 3 amide bonds. The normalized spacial score (nSPS) is 16.1. The van der Waals surface area contributed by atoms with E-state index in [1.54, 1.807) is 25.7 Å². The van der Waals surface area contributed by atoms with Gasteiger partial charge >= 0.3 is 6.09 Å². The van der Waals surface area contributed by atoms with Crippen LogP contribution in [0.15, 0.2) is 164 Å². The Hall–Kier alpha value is -7.40. The van der Waals surface area contributed by atoms with Gasteiger partial charge in [-0.3, -0.25) is 9.59 Å². The Labute approximate surface area is 386 Å². The molecule has 2 N–H and O–H groups in total. The number of tetrazole rings is 1. The van der Waals surface area contributed by atoms with Gasteiger partial charge in [0, 0.05) is 11.3 Å². The van der Waals surface area contributed by atoms with Crippen molar-refractivity contribution in [1.29, 1.82) is 0 Å². The van der Waals surface area contributed by atoms with Crippen LogP contribution in [0.2, 0.25) is 0 Å². The van der Waals surface area contributed by atoms with Crippen molar-refractivity contribution in [2.45, 2.75) is 95.0 Å². The molecule has 0 radical (unpaired) electrons. The Morgan fingerprint density at radius 1 is 0.697 bits per heavy atom. The Kier molecular flexibility index (Phi) is 12.4. The standard InChI is InChI=1S/C55H55N7O4/c1-53(2,3)66-52(65)57-54(36-18-7-19-37-54)51(64)56-47-35-34-41-20-14-17-29-48(41)61(50(47)63)38-39-30-32-40(33-31-39)45-27-15-16-28-46(45)49-58-59-60-62(49)55(42-21-8-4-9-22-42,43-23-10-5-11-24-43)44-25-12-6-13-26-44/h4-6,8-17,20-33,47H,7,18-19,34-38H2,1-3H3,(H,56,64)(H,57,65). The summed E-state index contributed by atoms with van der Waals surface area (Å²) in [5.74, 6) is 0.0545. The van der Waals surface area contributed by atoms with E-state index in [-0.39, 0.29) is 18.4 Å². The largest absolute Gasteiger partial charge is 0.444 e. The molecule has 11 nitrogen and oxygen atoms in total. The van der Waals surface area contributed by atoms with E-state index in [4.69, 9.17) is 15.0 Å². The summed E-state index contributed by atoms with van der Waals surface area (Å²) in [6.07, 6.45) is 3.88. The number of nitrogens with one attached hydrogen (secondary N) is 2. The second-order valence-corrected chi connectivity index (χ2v) is 18.4. The van der Waals surface area contributed by atoms with Crippen molar-refractivity contribution in [3.8, 4) is 22.5 Å². The molecule has 1 aliphatic carbocycles. The Morgan fingerprint density at radius 2 is 1.26 bits per heavy atom. The number of nitrogens with zero attached hydrogens (tertiary/aromatic N) is 5. The molecule has 2 aliphatic rings. The van der Waals surface area contributed by atoms with Crippen molar-refractivity contribution in [3.63, 3.8) is 0 Å². The number of benzene rings is 6. The van der Waals surface area contributed by atoms with Crippen molar-refractivity contribution in [1.82, 2.24) is 30.8 Å². The van der Waals surface area contributed by atoms with Crippen LogP contribution in [0, 0.1) is 0 Å². The quantitative estimate of drug-likeness (QED) is 0.124. The van der Waals surface area contributed by atoms with Crippen molar-refractivity contribution in [3.05, 3.63) is 192 Å². The van der Waals surface area contributed by atoms with Crippen LogP contribution in [0.5, 0.6) is 0 Å². The second kappa shape index (κ2) is 18.6. The lowest BCUT2D eigenvalue weighted by molar-refractivity contribution is -0.133. The highest BCUT2D eigenvalue weighted by molar-refractivity contribution is 6.02. The van der Waals surface area contributed by atoms with Gasteiger partial charge in [0.2, 0.25) is 11.8 Å². The third kappa shape index (κ3) is 8.73. The number of para-hydroxylation sites is 1. The van der Waals surface area contributed by atoms with Crippen LogP contribution in [0.25, 0.3) is 22.5 Å². The molecular weight excluding hydrogens is 823 g/mol. The van der Waals surface area contributed by atoms with Crippen molar-refractivity contribution < 1.29 is 19.1 Å². The molecule has 334 valence electrons. The van der Waals surface area contributed by atoms with E-state index in [0.717, 1.165) is 69.5 Å². The zero-order valence-corrected chi connectivity index (χ0v) is 37.7. The number of fused-ring (bicyclic) bond motifs is 1. The maximum Gasteiger partial charge on any atom is 0.408 e. The molecule has 0 saturated heterocycles. The molecule has 0 spiro atoms. The zero-order valence-electron chi connectivity index (χ0n) is 37.7. The number of hydrogen-bond donors (Lipinski definition) is 2. The van der Waals surface area contributed by atoms with Gasteiger partial charge in [0.25, 0.3) is 0 Å². The summed E-state index contributed by atoms with van der Waals surface area (Å²) in [5, 5.41) is 19.9. The van der Waals surface area contributed by atoms with Gasteiger partial charge in [0.05, 0.1) is 6.54 Å². The Bertz CT molecular complexity index is 2700. The van der Waals surface area contributed by atoms with Crippen LogP contribution in [0.4, 0.5) is 10.5 Å². The van der Waals surface area contributed by atoms with Gasteiger partial charge in [0.1, 0.15) is 22.7 Å². The van der Waals surface area contributed by atoms with E-state index in [2.05, 4.69) is 76.5 Å². The predicted octanol–water partition coefficient (Wildman–Crippen LogP) is 10.0. The monoisotopic (exact) mass is 877 g/mol. The van der Waals surface area contributed by atoms with E-state index in [9.17, 15) is 14.4 Å². The average Bonchev–Trinajstić information content (AvgIpc) is 3.79. The lowest BCUT2D eigenvalue weighted by Crippen LogP contribution is -2.63. The first kappa shape index (κ1) is 43.8. The first-order chi connectivity index (χ1) is 32.1. The van der Waals surface area contributed by atoms with Crippen LogP contribution in [0.1, 0.15) is 87.1 Å². The number of amides is 3. The third-order valence-electron chi connectivity index (χ3n) is 12.9. The summed E-state index contributed by atoms with van der Waals surface area (Å²) < 4.78 is 7.53. The number of aromatic nitrogens is 4. The molecule has 7 aromatic rings. The Balaban J connectivity index is 1.03. The van der Waals surface area contributed by atoms with Gasteiger partial charge in [-0.25, -0.2) is 9.48 Å². The number of carbonyl (C=O) groups excluding carboxylic acids is 3. The molecule has 2 heterocycles.